The van der Waals surface area contributed by atoms with Crippen LogP contribution in [-0.4, -0.2) is 17.4 Å². The molecule has 21 heavy (non-hydrogen) atoms. The second-order valence-electron chi connectivity index (χ2n) is 4.78. The lowest BCUT2D eigenvalue weighted by molar-refractivity contribution is -0.420. The van der Waals surface area contributed by atoms with E-state index in [4.69, 9.17) is 11.6 Å². The van der Waals surface area contributed by atoms with Gasteiger partial charge in [0.05, 0.1) is 10.6 Å². The number of amides is 1. The van der Waals surface area contributed by atoms with Crippen LogP contribution in [0.1, 0.15) is 25.7 Å². The predicted octanol–water partition coefficient (Wildman–Crippen LogP) is 2.93. The number of hydrogen-bond donors (Lipinski definition) is 2. The largest absolute Gasteiger partial charge is 0.383 e. The average molecular weight is 310 g/mol. The van der Waals surface area contributed by atoms with E-state index in [1.807, 2.05) is 0 Å². The monoisotopic (exact) mass is 309 g/mol. The fourth-order valence-electron chi connectivity index (χ4n) is 2.19. The van der Waals surface area contributed by atoms with Crippen LogP contribution in [0.5, 0.6) is 0 Å². The highest BCUT2D eigenvalue weighted by Gasteiger charge is 2.28. The minimum atomic E-state index is -0.716. The molecule has 0 aromatic heterocycles. The summed E-state index contributed by atoms with van der Waals surface area (Å²) in [5.74, 6) is -0.716. The highest BCUT2D eigenvalue weighted by molar-refractivity contribution is 6.30. The van der Waals surface area contributed by atoms with Crippen LogP contribution < -0.4 is 10.6 Å². The zero-order chi connectivity index (χ0) is 15.2. The second kappa shape index (κ2) is 7.08. The number of carbonyl (C=O) groups excluding carboxylic acids is 1. The Morgan fingerprint density at radius 2 is 1.95 bits per heavy atom. The Hall–Kier alpha value is -2.08. The van der Waals surface area contributed by atoms with E-state index in [9.17, 15) is 14.9 Å². The Labute approximate surface area is 127 Å². The summed E-state index contributed by atoms with van der Waals surface area (Å²) < 4.78 is 0. The molecule has 1 aliphatic heterocycles. The lowest BCUT2D eigenvalue weighted by atomic mass is 10.1. The van der Waals surface area contributed by atoms with Gasteiger partial charge in [-0.05, 0) is 43.5 Å². The molecule has 0 atom stereocenters. The van der Waals surface area contributed by atoms with Gasteiger partial charge in [-0.25, -0.2) is 0 Å². The zero-order valence-electron chi connectivity index (χ0n) is 11.4. The SMILES string of the molecule is O=C(Nc1ccc(Cl)cc1)/C(=C1\CCCCCN1)[N+](=O)[O-]. The summed E-state index contributed by atoms with van der Waals surface area (Å²) in [5, 5.41) is 17.3. The van der Waals surface area contributed by atoms with Crippen molar-refractivity contribution in [3.63, 3.8) is 0 Å². The molecule has 1 fully saturated rings. The van der Waals surface area contributed by atoms with E-state index in [1.54, 1.807) is 24.3 Å². The molecule has 0 unspecified atom stereocenters. The van der Waals surface area contributed by atoms with E-state index in [0.29, 0.717) is 29.4 Å². The van der Waals surface area contributed by atoms with Crippen LogP contribution in [0, 0.1) is 10.1 Å². The molecular weight excluding hydrogens is 294 g/mol. The average Bonchev–Trinajstić information content (AvgIpc) is 2.70. The van der Waals surface area contributed by atoms with Gasteiger partial charge in [0.2, 0.25) is 0 Å². The van der Waals surface area contributed by atoms with Crippen molar-refractivity contribution in [2.45, 2.75) is 25.7 Å². The van der Waals surface area contributed by atoms with Gasteiger partial charge in [0.1, 0.15) is 0 Å². The second-order valence-corrected chi connectivity index (χ2v) is 5.22. The standard InChI is InChI=1S/C14H16ClN3O3/c15-10-5-7-11(8-6-10)17-14(19)13(18(20)21)12-4-2-1-3-9-16-12/h5-8,16H,1-4,9H2,(H,17,19)/b13-12-. The topological polar surface area (TPSA) is 84.3 Å². The minimum absolute atomic E-state index is 0.406. The van der Waals surface area contributed by atoms with E-state index in [-0.39, 0.29) is 0 Å². The molecule has 7 heteroatoms. The lowest BCUT2D eigenvalue weighted by Gasteiger charge is -2.09. The maximum absolute atomic E-state index is 12.2. The molecule has 1 aromatic carbocycles. The summed E-state index contributed by atoms with van der Waals surface area (Å²) in [6, 6.07) is 6.42. The molecule has 0 bridgehead atoms. The van der Waals surface area contributed by atoms with Crippen LogP contribution in [-0.2, 0) is 4.79 Å². The normalized spacial score (nSPS) is 17.4. The van der Waals surface area contributed by atoms with Crippen molar-refractivity contribution >= 4 is 23.2 Å². The van der Waals surface area contributed by atoms with Gasteiger partial charge in [0, 0.05) is 17.3 Å². The number of anilines is 1. The Morgan fingerprint density at radius 1 is 1.24 bits per heavy atom. The van der Waals surface area contributed by atoms with Gasteiger partial charge < -0.3 is 10.6 Å². The third-order valence-electron chi connectivity index (χ3n) is 3.23. The quantitative estimate of drug-likeness (QED) is 0.511. The minimum Gasteiger partial charge on any atom is -0.383 e. The highest BCUT2D eigenvalue weighted by atomic mass is 35.5. The molecule has 1 aromatic rings. The van der Waals surface area contributed by atoms with Crippen molar-refractivity contribution in [2.75, 3.05) is 11.9 Å². The molecule has 1 aliphatic rings. The first-order chi connectivity index (χ1) is 10.1. The highest BCUT2D eigenvalue weighted by Crippen LogP contribution is 2.18. The number of nitrogens with one attached hydrogen (secondary N) is 2. The molecule has 0 aliphatic carbocycles. The molecule has 1 saturated heterocycles. The third-order valence-corrected chi connectivity index (χ3v) is 3.48. The first-order valence-electron chi connectivity index (χ1n) is 6.76. The summed E-state index contributed by atoms with van der Waals surface area (Å²) >= 11 is 5.76. The predicted molar refractivity (Wildman–Crippen MR) is 80.6 cm³/mol. The van der Waals surface area contributed by atoms with E-state index >= 15 is 0 Å². The number of carbonyl (C=O) groups is 1. The lowest BCUT2D eigenvalue weighted by Crippen LogP contribution is -2.26. The summed E-state index contributed by atoms with van der Waals surface area (Å²) in [4.78, 5) is 22.8. The summed E-state index contributed by atoms with van der Waals surface area (Å²) in [6.45, 7) is 0.654. The number of allylic oxidation sites excluding steroid dienone is 1. The van der Waals surface area contributed by atoms with Crippen LogP contribution >= 0.6 is 11.6 Å². The molecule has 6 nitrogen and oxygen atoms in total. The van der Waals surface area contributed by atoms with E-state index < -0.39 is 16.5 Å². The summed E-state index contributed by atoms with van der Waals surface area (Å²) in [5.41, 5.74) is 0.466. The van der Waals surface area contributed by atoms with Crippen molar-refractivity contribution in [2.24, 2.45) is 0 Å². The van der Waals surface area contributed by atoms with Crippen LogP contribution in [0.4, 0.5) is 5.69 Å². The summed E-state index contributed by atoms with van der Waals surface area (Å²) in [6.07, 6.45) is 3.31. The van der Waals surface area contributed by atoms with Crippen LogP contribution in [0.15, 0.2) is 35.7 Å². The van der Waals surface area contributed by atoms with Crippen LogP contribution in [0.25, 0.3) is 0 Å². The Kier molecular flexibility index (Phi) is 5.16. The third kappa shape index (κ3) is 4.19. The van der Waals surface area contributed by atoms with Gasteiger partial charge >= 0.3 is 11.6 Å². The Bertz CT molecular complexity index is 559. The molecule has 2 N–H and O–H groups in total. The van der Waals surface area contributed by atoms with Crippen molar-refractivity contribution in [1.29, 1.82) is 0 Å². The molecule has 112 valence electrons. The van der Waals surface area contributed by atoms with Crippen LogP contribution in [0.2, 0.25) is 5.02 Å². The maximum Gasteiger partial charge on any atom is 0.352 e. The van der Waals surface area contributed by atoms with Gasteiger partial charge in [0.15, 0.2) is 0 Å². The number of nitro groups is 1. The molecule has 0 spiro atoms. The summed E-state index contributed by atoms with van der Waals surface area (Å²) in [7, 11) is 0. The molecule has 2 rings (SSSR count). The van der Waals surface area contributed by atoms with E-state index in [2.05, 4.69) is 10.6 Å². The van der Waals surface area contributed by atoms with Crippen molar-refractivity contribution in [3.8, 4) is 0 Å². The van der Waals surface area contributed by atoms with Crippen molar-refractivity contribution in [3.05, 3.63) is 50.8 Å². The Morgan fingerprint density at radius 3 is 2.62 bits per heavy atom. The Balaban J connectivity index is 2.21. The molecular formula is C14H16ClN3O3. The first kappa shape index (κ1) is 15.3. The number of halogens is 1. The van der Waals surface area contributed by atoms with Gasteiger partial charge in [-0.2, -0.15) is 0 Å². The number of nitrogens with zero attached hydrogens (tertiary/aromatic N) is 1. The van der Waals surface area contributed by atoms with E-state index in [0.717, 1.165) is 19.3 Å². The number of hydrogen-bond acceptors (Lipinski definition) is 4. The van der Waals surface area contributed by atoms with Crippen molar-refractivity contribution in [1.82, 2.24) is 5.32 Å². The van der Waals surface area contributed by atoms with Crippen molar-refractivity contribution < 1.29 is 9.72 Å². The zero-order valence-corrected chi connectivity index (χ0v) is 12.2. The maximum atomic E-state index is 12.2. The molecule has 0 radical (unpaired) electrons. The molecule has 1 amide bonds. The van der Waals surface area contributed by atoms with Gasteiger partial charge in [-0.3, -0.25) is 14.9 Å². The van der Waals surface area contributed by atoms with E-state index in [1.165, 1.54) is 0 Å². The fraction of sp³-hybridized carbons (Fsp3) is 0.357. The number of rotatable bonds is 3. The van der Waals surface area contributed by atoms with Gasteiger partial charge in [-0.1, -0.05) is 18.0 Å². The van der Waals surface area contributed by atoms with Crippen LogP contribution in [0.3, 0.4) is 0 Å². The number of benzene rings is 1. The smallest absolute Gasteiger partial charge is 0.352 e. The van der Waals surface area contributed by atoms with Gasteiger partial charge in [-0.15, -0.1) is 0 Å². The fourth-order valence-corrected chi connectivity index (χ4v) is 2.31. The van der Waals surface area contributed by atoms with Gasteiger partial charge in [0.25, 0.3) is 0 Å². The molecule has 1 heterocycles. The molecule has 0 saturated carbocycles. The first-order valence-corrected chi connectivity index (χ1v) is 7.14.